The first-order valence-corrected chi connectivity index (χ1v) is 7.29. The van der Waals surface area contributed by atoms with E-state index in [1.807, 2.05) is 6.07 Å². The molecule has 0 bridgehead atoms. The van der Waals surface area contributed by atoms with Gasteiger partial charge in [-0.25, -0.2) is 0 Å². The maximum Gasteiger partial charge on any atom is 0.137 e. The number of likely N-dealkylation sites (tertiary alicyclic amines) is 1. The second-order valence-corrected chi connectivity index (χ2v) is 5.74. The summed E-state index contributed by atoms with van der Waals surface area (Å²) in [7, 11) is 4.18. The van der Waals surface area contributed by atoms with Gasteiger partial charge in [-0.15, -0.1) is 0 Å². The minimum atomic E-state index is -0.544. The average Bonchev–Trinajstić information content (AvgIpc) is 2.94. The Hall–Kier alpha value is -1.61. The number of aliphatic hydroxyl groups excluding tert-OH is 1. The molecular formula is C16H23N3O2. The van der Waals surface area contributed by atoms with Crippen molar-refractivity contribution in [1.82, 2.24) is 9.80 Å². The van der Waals surface area contributed by atoms with Crippen molar-refractivity contribution in [2.24, 2.45) is 0 Å². The van der Waals surface area contributed by atoms with Crippen LogP contribution in [-0.2, 0) is 0 Å². The van der Waals surface area contributed by atoms with Crippen molar-refractivity contribution in [2.45, 2.75) is 18.6 Å². The Balaban J connectivity index is 1.78. The Labute approximate surface area is 126 Å². The van der Waals surface area contributed by atoms with Crippen LogP contribution >= 0.6 is 0 Å². The summed E-state index contributed by atoms with van der Waals surface area (Å²) in [5.74, 6) is 0.534. The highest BCUT2D eigenvalue weighted by molar-refractivity contribution is 5.42. The number of β-amino-alcohol motifs (C(OH)–C–C–N with tert-alkyl or cyclic N) is 1. The molecule has 5 nitrogen and oxygen atoms in total. The van der Waals surface area contributed by atoms with E-state index < -0.39 is 6.10 Å². The van der Waals surface area contributed by atoms with Gasteiger partial charge in [0.1, 0.15) is 24.5 Å². The lowest BCUT2D eigenvalue weighted by Gasteiger charge is -2.22. The molecule has 2 rings (SSSR count). The first-order chi connectivity index (χ1) is 10.1. The molecule has 1 aliphatic rings. The number of nitrogens with zero attached hydrogens (tertiary/aromatic N) is 3. The van der Waals surface area contributed by atoms with Gasteiger partial charge in [-0.3, -0.25) is 4.90 Å². The molecule has 0 saturated carbocycles. The molecule has 114 valence electrons. The Morgan fingerprint density at radius 3 is 2.90 bits per heavy atom. The Kier molecular flexibility index (Phi) is 5.57. The summed E-state index contributed by atoms with van der Waals surface area (Å²) in [6.07, 6.45) is 0.593. The Morgan fingerprint density at radius 2 is 2.24 bits per heavy atom. The molecule has 1 saturated heterocycles. The van der Waals surface area contributed by atoms with E-state index in [0.717, 1.165) is 19.5 Å². The number of para-hydroxylation sites is 1. The zero-order chi connectivity index (χ0) is 15.2. The molecular weight excluding hydrogens is 266 g/mol. The maximum atomic E-state index is 10.1. The van der Waals surface area contributed by atoms with E-state index in [-0.39, 0.29) is 6.61 Å². The number of likely N-dealkylation sites (N-methyl/N-ethyl adjacent to an activating group) is 1. The van der Waals surface area contributed by atoms with Gasteiger partial charge in [-0.2, -0.15) is 5.26 Å². The standard InChI is InChI=1S/C16H23N3O2/c1-18(2)14-7-8-19(10-14)11-15(20)12-21-16-6-4-3-5-13(16)9-17/h3-6,14-15,20H,7-8,10-12H2,1-2H3. The largest absolute Gasteiger partial charge is 0.489 e. The van der Waals surface area contributed by atoms with Crippen molar-refractivity contribution in [3.05, 3.63) is 29.8 Å². The van der Waals surface area contributed by atoms with Crippen LogP contribution in [0.1, 0.15) is 12.0 Å². The topological polar surface area (TPSA) is 59.7 Å². The fraction of sp³-hybridized carbons (Fsp3) is 0.562. The normalized spacial score (nSPS) is 20.4. The van der Waals surface area contributed by atoms with Gasteiger partial charge in [0.15, 0.2) is 0 Å². The zero-order valence-electron chi connectivity index (χ0n) is 12.7. The first-order valence-electron chi connectivity index (χ1n) is 7.29. The number of benzene rings is 1. The second-order valence-electron chi connectivity index (χ2n) is 5.74. The third-order valence-electron chi connectivity index (χ3n) is 3.89. The van der Waals surface area contributed by atoms with Gasteiger partial charge in [0.25, 0.3) is 0 Å². The molecule has 1 heterocycles. The van der Waals surface area contributed by atoms with Gasteiger partial charge < -0.3 is 14.7 Å². The highest BCUT2D eigenvalue weighted by Crippen LogP contribution is 2.17. The molecule has 0 aromatic heterocycles. The zero-order valence-corrected chi connectivity index (χ0v) is 12.7. The van der Waals surface area contributed by atoms with E-state index in [1.165, 1.54) is 0 Å². The van der Waals surface area contributed by atoms with Crippen molar-refractivity contribution >= 4 is 0 Å². The summed E-state index contributed by atoms with van der Waals surface area (Å²) < 4.78 is 5.56. The molecule has 0 amide bonds. The van der Waals surface area contributed by atoms with Crippen LogP contribution < -0.4 is 4.74 Å². The van der Waals surface area contributed by atoms with Crippen LogP contribution in [0.15, 0.2) is 24.3 Å². The van der Waals surface area contributed by atoms with Crippen molar-refractivity contribution in [2.75, 3.05) is 40.3 Å². The lowest BCUT2D eigenvalue weighted by atomic mass is 10.2. The highest BCUT2D eigenvalue weighted by Gasteiger charge is 2.25. The van der Waals surface area contributed by atoms with E-state index in [9.17, 15) is 5.11 Å². The molecule has 1 aliphatic heterocycles. The number of hydrogen-bond donors (Lipinski definition) is 1. The molecule has 0 radical (unpaired) electrons. The summed E-state index contributed by atoms with van der Waals surface area (Å²) in [4.78, 5) is 4.49. The van der Waals surface area contributed by atoms with Crippen LogP contribution in [-0.4, -0.2) is 67.4 Å². The third kappa shape index (κ3) is 4.43. The number of ether oxygens (including phenoxy) is 1. The summed E-state index contributed by atoms with van der Waals surface area (Å²) in [5, 5.41) is 19.1. The number of hydrogen-bond acceptors (Lipinski definition) is 5. The number of nitriles is 1. The molecule has 5 heteroatoms. The second kappa shape index (κ2) is 7.41. The molecule has 2 unspecified atom stereocenters. The van der Waals surface area contributed by atoms with Gasteiger partial charge in [-0.05, 0) is 39.2 Å². The third-order valence-corrected chi connectivity index (χ3v) is 3.89. The maximum absolute atomic E-state index is 10.1. The van der Waals surface area contributed by atoms with Crippen LogP contribution in [0.25, 0.3) is 0 Å². The quantitative estimate of drug-likeness (QED) is 0.844. The molecule has 21 heavy (non-hydrogen) atoms. The molecule has 0 aliphatic carbocycles. The molecule has 1 fully saturated rings. The van der Waals surface area contributed by atoms with Crippen LogP contribution in [0.2, 0.25) is 0 Å². The van der Waals surface area contributed by atoms with Crippen molar-refractivity contribution < 1.29 is 9.84 Å². The molecule has 1 N–H and O–H groups in total. The Bertz CT molecular complexity index is 499. The van der Waals surface area contributed by atoms with E-state index in [1.54, 1.807) is 18.2 Å². The van der Waals surface area contributed by atoms with E-state index in [2.05, 4.69) is 30.0 Å². The first kappa shape index (κ1) is 15.8. The molecule has 1 aromatic carbocycles. The van der Waals surface area contributed by atoms with Crippen molar-refractivity contribution in [3.8, 4) is 11.8 Å². The van der Waals surface area contributed by atoms with Gasteiger partial charge in [0.2, 0.25) is 0 Å². The summed E-state index contributed by atoms with van der Waals surface area (Å²) in [6, 6.07) is 9.74. The highest BCUT2D eigenvalue weighted by atomic mass is 16.5. The van der Waals surface area contributed by atoms with Crippen molar-refractivity contribution in [1.29, 1.82) is 5.26 Å². The van der Waals surface area contributed by atoms with E-state index in [4.69, 9.17) is 10.00 Å². The smallest absolute Gasteiger partial charge is 0.137 e. The van der Waals surface area contributed by atoms with Crippen LogP contribution in [0.5, 0.6) is 5.75 Å². The lowest BCUT2D eigenvalue weighted by molar-refractivity contribution is 0.0737. The van der Waals surface area contributed by atoms with Crippen LogP contribution in [0, 0.1) is 11.3 Å². The summed E-state index contributed by atoms with van der Waals surface area (Å²) in [6.45, 7) is 2.81. The predicted octanol–water partition coefficient (Wildman–Crippen LogP) is 0.934. The fourth-order valence-electron chi connectivity index (χ4n) is 2.62. The molecule has 1 aromatic rings. The van der Waals surface area contributed by atoms with Gasteiger partial charge in [0.05, 0.1) is 5.56 Å². The molecule has 2 atom stereocenters. The predicted molar refractivity (Wildman–Crippen MR) is 81.2 cm³/mol. The van der Waals surface area contributed by atoms with E-state index in [0.29, 0.717) is 23.9 Å². The lowest BCUT2D eigenvalue weighted by Crippen LogP contribution is -2.37. The van der Waals surface area contributed by atoms with Gasteiger partial charge >= 0.3 is 0 Å². The average molecular weight is 289 g/mol. The van der Waals surface area contributed by atoms with Gasteiger partial charge in [0, 0.05) is 19.1 Å². The van der Waals surface area contributed by atoms with Crippen LogP contribution in [0.3, 0.4) is 0 Å². The molecule has 0 spiro atoms. The van der Waals surface area contributed by atoms with Crippen molar-refractivity contribution in [3.63, 3.8) is 0 Å². The van der Waals surface area contributed by atoms with Crippen LogP contribution in [0.4, 0.5) is 0 Å². The monoisotopic (exact) mass is 289 g/mol. The van der Waals surface area contributed by atoms with Gasteiger partial charge in [-0.1, -0.05) is 12.1 Å². The fourth-order valence-corrected chi connectivity index (χ4v) is 2.62. The minimum Gasteiger partial charge on any atom is -0.489 e. The number of aliphatic hydroxyl groups is 1. The summed E-state index contributed by atoms with van der Waals surface area (Å²) in [5.41, 5.74) is 0.499. The Morgan fingerprint density at radius 1 is 1.48 bits per heavy atom. The number of rotatable bonds is 6. The summed E-state index contributed by atoms with van der Waals surface area (Å²) >= 11 is 0. The van der Waals surface area contributed by atoms with E-state index >= 15 is 0 Å². The minimum absolute atomic E-state index is 0.210. The SMILES string of the molecule is CN(C)C1CCN(CC(O)COc2ccccc2C#N)C1.